The van der Waals surface area contributed by atoms with E-state index in [1.54, 1.807) is 49.4 Å². The van der Waals surface area contributed by atoms with E-state index in [1.807, 2.05) is 0 Å². The lowest BCUT2D eigenvalue weighted by Gasteiger charge is -2.12. The van der Waals surface area contributed by atoms with Crippen molar-refractivity contribution in [3.63, 3.8) is 0 Å². The average molecular weight is 478 g/mol. The highest BCUT2D eigenvalue weighted by Crippen LogP contribution is 2.28. The molecule has 2 aromatic carbocycles. The molecule has 164 valence electrons. The Hall–Kier alpha value is -3.93. The van der Waals surface area contributed by atoms with Crippen LogP contribution in [0.3, 0.4) is 0 Å². The lowest BCUT2D eigenvalue weighted by Crippen LogP contribution is -2.14. The molecule has 0 aliphatic rings. The highest BCUT2D eigenvalue weighted by molar-refractivity contribution is 7.93. The van der Waals surface area contributed by atoms with E-state index in [1.165, 1.54) is 24.5 Å². The minimum atomic E-state index is -4.00. The molecular weight excluding hydrogens is 462 g/mol. The van der Waals surface area contributed by atoms with Crippen LogP contribution in [-0.2, 0) is 10.0 Å². The summed E-state index contributed by atoms with van der Waals surface area (Å²) in [5.74, 6) is 4.74. The van der Waals surface area contributed by atoms with Crippen LogP contribution < -0.4 is 4.72 Å². The molecule has 0 spiro atoms. The molecule has 4 aromatic rings. The van der Waals surface area contributed by atoms with Crippen LogP contribution in [0.25, 0.3) is 10.9 Å². The van der Waals surface area contributed by atoms with Crippen molar-refractivity contribution in [1.29, 1.82) is 0 Å². The molecule has 0 radical (unpaired) electrons. The molecule has 0 unspecified atom stereocenters. The monoisotopic (exact) mass is 477 g/mol. The highest BCUT2D eigenvalue weighted by Gasteiger charge is 2.20. The van der Waals surface area contributed by atoms with Crippen molar-refractivity contribution in [2.75, 3.05) is 4.72 Å². The summed E-state index contributed by atoms with van der Waals surface area (Å²) in [6, 6.07) is 14.5. The van der Waals surface area contributed by atoms with Crippen LogP contribution in [0.1, 0.15) is 27.2 Å². The Bertz CT molecular complexity index is 1570. The number of carboxylic acids is 1. The quantitative estimate of drug-likeness (QED) is 0.419. The molecule has 2 heterocycles. The van der Waals surface area contributed by atoms with Crippen LogP contribution in [-0.4, -0.2) is 29.5 Å². The van der Waals surface area contributed by atoms with Crippen molar-refractivity contribution in [3.05, 3.63) is 94.4 Å². The smallest absolute Gasteiger partial charge is 0.354 e. The average Bonchev–Trinajstić information content (AvgIpc) is 2.79. The predicted molar refractivity (Wildman–Crippen MR) is 126 cm³/mol. The number of nitrogens with zero attached hydrogens (tertiary/aromatic N) is 2. The Kier molecular flexibility index (Phi) is 6.01. The van der Waals surface area contributed by atoms with E-state index in [9.17, 15) is 13.2 Å². The number of halogens is 1. The van der Waals surface area contributed by atoms with Crippen LogP contribution in [0.4, 0.5) is 5.69 Å². The Morgan fingerprint density at radius 3 is 2.55 bits per heavy atom. The molecule has 0 atom stereocenters. The zero-order chi connectivity index (χ0) is 23.6. The number of hydrogen-bond acceptors (Lipinski definition) is 5. The third-order valence-electron chi connectivity index (χ3n) is 4.80. The third-order valence-corrected chi connectivity index (χ3v) is 6.53. The molecule has 0 aliphatic carbocycles. The lowest BCUT2D eigenvalue weighted by atomic mass is 10.1. The fourth-order valence-corrected chi connectivity index (χ4v) is 4.61. The van der Waals surface area contributed by atoms with Crippen molar-refractivity contribution in [2.45, 2.75) is 11.8 Å². The summed E-state index contributed by atoms with van der Waals surface area (Å²) in [6.45, 7) is 1.73. The van der Waals surface area contributed by atoms with Crippen molar-refractivity contribution in [1.82, 2.24) is 9.97 Å². The zero-order valence-corrected chi connectivity index (χ0v) is 18.8. The van der Waals surface area contributed by atoms with Gasteiger partial charge in [0.05, 0.1) is 16.2 Å². The summed E-state index contributed by atoms with van der Waals surface area (Å²) >= 11 is 6.19. The van der Waals surface area contributed by atoms with Gasteiger partial charge in [0.1, 0.15) is 10.6 Å². The number of carboxylic acid groups (broad SMARTS) is 1. The first-order valence-corrected chi connectivity index (χ1v) is 11.5. The number of rotatable bonds is 4. The van der Waals surface area contributed by atoms with Crippen LogP contribution in [0.2, 0.25) is 5.02 Å². The molecule has 0 aliphatic heterocycles. The minimum Gasteiger partial charge on any atom is -0.477 e. The first kappa shape index (κ1) is 22.3. The van der Waals surface area contributed by atoms with E-state index < -0.39 is 16.0 Å². The van der Waals surface area contributed by atoms with Crippen molar-refractivity contribution >= 4 is 44.2 Å². The normalized spacial score (nSPS) is 11.0. The third kappa shape index (κ3) is 4.65. The SMILES string of the molecule is Cc1cc(C(=O)O)ncc1C#Cc1ccccc1NS(=O)(=O)c1cccc2c(Cl)ccnc12. The summed E-state index contributed by atoms with van der Waals surface area (Å²) in [4.78, 5) is 19.1. The largest absolute Gasteiger partial charge is 0.477 e. The maximum Gasteiger partial charge on any atom is 0.354 e. The molecule has 0 saturated carbocycles. The number of pyridine rings is 2. The second-order valence-corrected chi connectivity index (χ2v) is 9.09. The number of nitrogens with one attached hydrogen (secondary N) is 1. The summed E-state index contributed by atoms with van der Waals surface area (Å²) in [5.41, 5.74) is 2.10. The Labute approximate surface area is 195 Å². The number of carbonyl (C=O) groups is 1. The van der Waals surface area contributed by atoms with Gasteiger partial charge in [0.15, 0.2) is 0 Å². The topological polar surface area (TPSA) is 109 Å². The van der Waals surface area contributed by atoms with Gasteiger partial charge in [-0.15, -0.1) is 0 Å². The number of anilines is 1. The minimum absolute atomic E-state index is 0.00503. The summed E-state index contributed by atoms with van der Waals surface area (Å²) in [5, 5.41) is 9.99. The number of sulfonamides is 1. The van der Waals surface area contributed by atoms with E-state index >= 15 is 0 Å². The van der Waals surface area contributed by atoms with Gasteiger partial charge in [-0.3, -0.25) is 9.71 Å². The van der Waals surface area contributed by atoms with Crippen LogP contribution in [0.15, 0.2) is 71.9 Å². The highest BCUT2D eigenvalue weighted by atomic mass is 35.5. The van der Waals surface area contributed by atoms with Gasteiger partial charge >= 0.3 is 5.97 Å². The van der Waals surface area contributed by atoms with Gasteiger partial charge < -0.3 is 5.11 Å². The van der Waals surface area contributed by atoms with Crippen LogP contribution >= 0.6 is 11.6 Å². The van der Waals surface area contributed by atoms with Gasteiger partial charge in [0, 0.05) is 28.9 Å². The van der Waals surface area contributed by atoms with Gasteiger partial charge in [-0.1, -0.05) is 47.7 Å². The predicted octanol–water partition coefficient (Wildman–Crippen LogP) is 4.49. The van der Waals surface area contributed by atoms with Crippen molar-refractivity contribution in [3.8, 4) is 11.8 Å². The van der Waals surface area contributed by atoms with E-state index in [0.29, 0.717) is 27.1 Å². The summed E-state index contributed by atoms with van der Waals surface area (Å²) in [6.07, 6.45) is 2.83. The van der Waals surface area contributed by atoms with Crippen LogP contribution in [0, 0.1) is 18.8 Å². The van der Waals surface area contributed by atoms with E-state index in [0.717, 1.165) is 0 Å². The molecule has 0 amide bonds. The molecule has 4 rings (SSSR count). The van der Waals surface area contributed by atoms with E-state index in [2.05, 4.69) is 26.5 Å². The standard InChI is InChI=1S/C24H16ClN3O4S/c1-15-13-21(24(29)30)27-14-17(15)10-9-16-5-2-3-7-20(16)28-33(31,32)22-8-4-6-18-19(25)11-12-26-23(18)22/h2-8,11-14,28H,1H3,(H,29,30). The van der Waals surface area contributed by atoms with Gasteiger partial charge in [-0.05, 0) is 42.8 Å². The molecule has 2 aromatic heterocycles. The fourth-order valence-electron chi connectivity index (χ4n) is 3.15. The Morgan fingerprint density at radius 2 is 1.79 bits per heavy atom. The zero-order valence-electron chi connectivity index (χ0n) is 17.2. The maximum absolute atomic E-state index is 13.2. The number of aromatic carboxylic acids is 1. The first-order chi connectivity index (χ1) is 15.8. The van der Waals surface area contributed by atoms with Gasteiger partial charge in [0.25, 0.3) is 10.0 Å². The fraction of sp³-hybridized carbons (Fsp3) is 0.0417. The molecular formula is C24H16ClN3O4S. The molecule has 33 heavy (non-hydrogen) atoms. The number of aromatic nitrogens is 2. The van der Waals surface area contributed by atoms with Crippen molar-refractivity contribution in [2.24, 2.45) is 0 Å². The first-order valence-electron chi connectivity index (χ1n) is 9.63. The summed E-state index contributed by atoms with van der Waals surface area (Å²) in [7, 11) is -4.00. The van der Waals surface area contributed by atoms with Gasteiger partial charge in [-0.2, -0.15) is 0 Å². The Balaban J connectivity index is 1.71. The molecule has 9 heteroatoms. The number of para-hydroxylation sites is 2. The number of aryl methyl sites for hydroxylation is 1. The second-order valence-electron chi connectivity index (χ2n) is 7.04. The molecule has 7 nitrogen and oxygen atoms in total. The van der Waals surface area contributed by atoms with Gasteiger partial charge in [0.2, 0.25) is 0 Å². The molecule has 0 fully saturated rings. The van der Waals surface area contributed by atoms with Crippen molar-refractivity contribution < 1.29 is 18.3 Å². The van der Waals surface area contributed by atoms with E-state index in [4.69, 9.17) is 16.7 Å². The number of hydrogen-bond donors (Lipinski definition) is 2. The number of fused-ring (bicyclic) bond motifs is 1. The van der Waals surface area contributed by atoms with Gasteiger partial charge in [-0.25, -0.2) is 18.2 Å². The summed E-state index contributed by atoms with van der Waals surface area (Å²) < 4.78 is 29.0. The number of benzene rings is 2. The molecule has 0 saturated heterocycles. The van der Waals surface area contributed by atoms with E-state index in [-0.39, 0.29) is 21.8 Å². The molecule has 0 bridgehead atoms. The van der Waals surface area contributed by atoms with Crippen LogP contribution in [0.5, 0.6) is 0 Å². The Morgan fingerprint density at radius 1 is 1.03 bits per heavy atom. The lowest BCUT2D eigenvalue weighted by molar-refractivity contribution is 0.0690. The second kappa shape index (κ2) is 8.90. The molecule has 2 N–H and O–H groups in total. The maximum atomic E-state index is 13.2.